The highest BCUT2D eigenvalue weighted by Crippen LogP contribution is 2.58. The summed E-state index contributed by atoms with van der Waals surface area (Å²) in [6, 6.07) is 4.29. The Labute approximate surface area is 285 Å². The number of hydrogen-bond acceptors (Lipinski definition) is 6. The number of fused-ring (bicyclic) bond motifs is 1. The molecule has 1 aromatic carbocycles. The summed E-state index contributed by atoms with van der Waals surface area (Å²) in [5.74, 6) is 1.47. The number of likely N-dealkylation sites (tertiary alicyclic amines) is 1. The lowest BCUT2D eigenvalue weighted by Crippen LogP contribution is -2.60. The van der Waals surface area contributed by atoms with Crippen LogP contribution >= 0.6 is 0 Å². The molecule has 6 heteroatoms. The average Bonchev–Trinajstić information content (AvgIpc) is 3.07. The van der Waals surface area contributed by atoms with Gasteiger partial charge in [-0.1, -0.05) is 102 Å². The molecule has 3 atom stereocenters. The maximum atomic E-state index is 13.2. The van der Waals surface area contributed by atoms with Crippen molar-refractivity contribution in [3.63, 3.8) is 0 Å². The van der Waals surface area contributed by atoms with Crippen LogP contribution in [0.5, 0.6) is 11.5 Å². The molecule has 47 heavy (non-hydrogen) atoms. The van der Waals surface area contributed by atoms with Crippen LogP contribution in [0, 0.1) is 5.92 Å². The van der Waals surface area contributed by atoms with Crippen LogP contribution in [0.1, 0.15) is 146 Å². The molecule has 2 aliphatic carbocycles. The molecule has 4 rings (SSSR count). The van der Waals surface area contributed by atoms with Gasteiger partial charge in [0.15, 0.2) is 23.0 Å². The fourth-order valence-corrected chi connectivity index (χ4v) is 8.32. The summed E-state index contributed by atoms with van der Waals surface area (Å²) in [6.07, 6.45) is 30.8. The minimum atomic E-state index is -0.419. The van der Waals surface area contributed by atoms with Crippen molar-refractivity contribution in [2.75, 3.05) is 27.8 Å². The molecule has 1 saturated heterocycles. The molecule has 0 radical (unpaired) electrons. The van der Waals surface area contributed by atoms with Crippen molar-refractivity contribution < 1.29 is 23.8 Å². The third kappa shape index (κ3) is 9.96. The molecule has 262 valence electrons. The molecule has 0 amide bonds. The van der Waals surface area contributed by atoms with Gasteiger partial charge in [0.1, 0.15) is 0 Å². The second-order valence-electron chi connectivity index (χ2n) is 14.4. The van der Waals surface area contributed by atoms with Gasteiger partial charge in [-0.2, -0.15) is 0 Å². The topological polar surface area (TPSA) is 65.1 Å². The van der Waals surface area contributed by atoms with Crippen LogP contribution in [0.25, 0.3) is 0 Å². The molecule has 0 spiro atoms. The first-order valence-electron chi connectivity index (χ1n) is 19.0. The monoisotopic (exact) mass is 649 g/mol. The van der Waals surface area contributed by atoms with Crippen molar-refractivity contribution in [2.45, 2.75) is 153 Å². The first-order valence-corrected chi connectivity index (χ1v) is 19.0. The molecular formula is C41H63NO5. The van der Waals surface area contributed by atoms with Gasteiger partial charge in [0, 0.05) is 35.8 Å². The van der Waals surface area contributed by atoms with Crippen LogP contribution in [0.2, 0.25) is 0 Å². The van der Waals surface area contributed by atoms with E-state index >= 15 is 0 Å². The van der Waals surface area contributed by atoms with Gasteiger partial charge in [0.2, 0.25) is 0 Å². The zero-order valence-electron chi connectivity index (χ0n) is 30.1. The molecule has 0 unspecified atom stereocenters. The minimum Gasteiger partial charge on any atom is -0.493 e. The second-order valence-corrected chi connectivity index (χ2v) is 14.4. The number of likely N-dealkylation sites (N-methyl/N-ethyl adjacent to an activating group) is 1. The Morgan fingerprint density at radius 2 is 1.49 bits per heavy atom. The Kier molecular flexibility index (Phi) is 15.4. The van der Waals surface area contributed by atoms with E-state index in [9.17, 15) is 9.59 Å². The van der Waals surface area contributed by atoms with Gasteiger partial charge in [-0.3, -0.25) is 9.59 Å². The maximum absolute atomic E-state index is 13.2. The van der Waals surface area contributed by atoms with E-state index in [1.165, 1.54) is 89.9 Å². The average molecular weight is 650 g/mol. The molecule has 1 aromatic rings. The number of ketones is 1. The number of benzene rings is 1. The van der Waals surface area contributed by atoms with E-state index < -0.39 is 5.41 Å². The van der Waals surface area contributed by atoms with Crippen LogP contribution in [0.15, 0.2) is 36.1 Å². The van der Waals surface area contributed by atoms with Crippen molar-refractivity contribution in [1.29, 1.82) is 0 Å². The van der Waals surface area contributed by atoms with Gasteiger partial charge in [0.25, 0.3) is 0 Å². The fourth-order valence-electron chi connectivity index (χ4n) is 8.32. The van der Waals surface area contributed by atoms with E-state index in [-0.39, 0.29) is 23.7 Å². The number of carbonyl (C=O) groups excluding carboxylic acids is 2. The molecule has 3 aliphatic rings. The normalized spacial score (nSPS) is 22.1. The first-order chi connectivity index (χ1) is 22.9. The number of hydrogen-bond donors (Lipinski definition) is 0. The van der Waals surface area contributed by atoms with Crippen molar-refractivity contribution >= 4 is 11.8 Å². The lowest BCUT2D eigenvalue weighted by Gasteiger charge is -2.56. The number of Topliss-reactive ketones (excluding diaryl/α,β-unsaturated/α-hetero) is 1. The lowest BCUT2D eigenvalue weighted by atomic mass is 9.53. The molecule has 6 nitrogen and oxygen atoms in total. The summed E-state index contributed by atoms with van der Waals surface area (Å²) >= 11 is 0. The Morgan fingerprint density at radius 1 is 0.872 bits per heavy atom. The summed E-state index contributed by atoms with van der Waals surface area (Å²) in [4.78, 5) is 28.8. The highest BCUT2D eigenvalue weighted by atomic mass is 16.6. The largest absolute Gasteiger partial charge is 0.493 e. The van der Waals surface area contributed by atoms with Gasteiger partial charge in [-0.05, 0) is 76.2 Å². The molecule has 0 N–H and O–H groups in total. The Bertz CT molecular complexity index is 1200. The summed E-state index contributed by atoms with van der Waals surface area (Å²) in [5.41, 5.74) is 1.74. The predicted molar refractivity (Wildman–Crippen MR) is 191 cm³/mol. The third-order valence-corrected chi connectivity index (χ3v) is 11.0. The number of ether oxygens (including phenoxy) is 3. The van der Waals surface area contributed by atoms with E-state index in [1.54, 1.807) is 14.2 Å². The smallest absolute Gasteiger partial charge is 0.311 e. The zero-order chi connectivity index (χ0) is 33.5. The SMILES string of the molecule is CCCCCCCC/C=C/CCCCCCCCCCCC(=O)Oc1c(OC)ccc2c1[C@@]13CCN(C)[C@@H](C2)[C@H]1C=C(OC)C(=O)C3. The van der Waals surface area contributed by atoms with Gasteiger partial charge in [0.05, 0.1) is 14.2 Å². The van der Waals surface area contributed by atoms with Gasteiger partial charge in [-0.15, -0.1) is 0 Å². The van der Waals surface area contributed by atoms with Gasteiger partial charge in [-0.25, -0.2) is 0 Å². The Hall–Kier alpha value is -2.60. The number of esters is 1. The predicted octanol–water partition coefficient (Wildman–Crippen LogP) is 9.82. The zero-order valence-corrected chi connectivity index (χ0v) is 30.1. The summed E-state index contributed by atoms with van der Waals surface area (Å²) < 4.78 is 17.4. The van der Waals surface area contributed by atoms with Crippen LogP contribution in [-0.2, 0) is 26.2 Å². The van der Waals surface area contributed by atoms with Crippen molar-refractivity contribution in [3.05, 3.63) is 47.2 Å². The van der Waals surface area contributed by atoms with Crippen molar-refractivity contribution in [1.82, 2.24) is 4.90 Å². The fraction of sp³-hybridized carbons (Fsp3) is 0.707. The number of carbonyl (C=O) groups is 2. The van der Waals surface area contributed by atoms with Crippen molar-refractivity contribution in [3.8, 4) is 11.5 Å². The molecule has 2 bridgehead atoms. The van der Waals surface area contributed by atoms with Crippen LogP contribution in [-0.4, -0.2) is 50.5 Å². The van der Waals surface area contributed by atoms with Crippen molar-refractivity contribution in [2.24, 2.45) is 5.92 Å². The van der Waals surface area contributed by atoms with Crippen LogP contribution in [0.3, 0.4) is 0 Å². The number of methoxy groups -OCH3 is 2. The number of unbranched alkanes of at least 4 members (excludes halogenated alkanes) is 15. The van der Waals surface area contributed by atoms with E-state index in [1.807, 2.05) is 12.1 Å². The molecular weight excluding hydrogens is 586 g/mol. The summed E-state index contributed by atoms with van der Waals surface area (Å²) in [5, 5.41) is 0. The van der Waals surface area contributed by atoms with Crippen LogP contribution < -0.4 is 9.47 Å². The van der Waals surface area contributed by atoms with E-state index in [2.05, 4.69) is 37.1 Å². The molecule has 1 heterocycles. The maximum Gasteiger partial charge on any atom is 0.311 e. The summed E-state index contributed by atoms with van der Waals surface area (Å²) in [7, 11) is 5.36. The standard InChI is InChI=1S/C41H63NO5/c1-5-6-7-8-9-10-11-12-13-14-15-16-17-18-19-20-21-22-23-24-38(44)47-40-36(45-3)26-25-32-29-34-33-30-37(46-4)35(43)31-41(33,39(32)40)27-28-42(34)2/h12-13,25-26,30,33-34H,5-11,14-24,27-29,31H2,1-4H3/b13-12+/t33-,34+,41-/m1/s1. The number of piperidine rings is 1. The van der Waals surface area contributed by atoms with E-state index in [0.717, 1.165) is 49.8 Å². The third-order valence-electron chi connectivity index (χ3n) is 11.0. The lowest BCUT2D eigenvalue weighted by molar-refractivity contribution is -0.134. The molecule has 0 aromatic heterocycles. The number of nitrogens with zero attached hydrogens (tertiary/aromatic N) is 1. The van der Waals surface area contributed by atoms with Gasteiger partial charge >= 0.3 is 5.97 Å². The minimum absolute atomic E-state index is 0.0197. The molecule has 1 fully saturated rings. The van der Waals surface area contributed by atoms with Crippen LogP contribution in [0.4, 0.5) is 0 Å². The number of rotatable bonds is 22. The molecule has 1 aliphatic heterocycles. The highest BCUT2D eigenvalue weighted by Gasteiger charge is 2.57. The van der Waals surface area contributed by atoms with Gasteiger partial charge < -0.3 is 19.1 Å². The number of allylic oxidation sites excluding steroid dienone is 3. The van der Waals surface area contributed by atoms with E-state index in [0.29, 0.717) is 30.1 Å². The molecule has 0 saturated carbocycles. The second kappa shape index (κ2) is 19.4. The summed E-state index contributed by atoms with van der Waals surface area (Å²) in [6.45, 7) is 3.17. The highest BCUT2D eigenvalue weighted by molar-refractivity contribution is 5.96. The Morgan fingerprint density at radius 3 is 2.11 bits per heavy atom. The Balaban J connectivity index is 1.16. The quantitative estimate of drug-likeness (QED) is 0.0539. The van der Waals surface area contributed by atoms with E-state index in [4.69, 9.17) is 14.2 Å². The first kappa shape index (κ1) is 37.2.